The van der Waals surface area contributed by atoms with Gasteiger partial charge in [-0.25, -0.2) is 0 Å². The molecule has 9 heavy (non-hydrogen) atoms. The molecule has 0 fully saturated rings. The summed E-state index contributed by atoms with van der Waals surface area (Å²) < 4.78 is 4.83. The van der Waals surface area contributed by atoms with E-state index in [1.54, 1.807) is 6.92 Å². The summed E-state index contributed by atoms with van der Waals surface area (Å²) >= 11 is 0. The molecule has 0 heterocycles. The summed E-state index contributed by atoms with van der Waals surface area (Å²) in [6, 6.07) is 0. The molecule has 0 aliphatic rings. The van der Waals surface area contributed by atoms with Crippen molar-refractivity contribution in [3.05, 3.63) is 0 Å². The van der Waals surface area contributed by atoms with Gasteiger partial charge in [-0.3, -0.25) is 0 Å². The van der Waals surface area contributed by atoms with Crippen LogP contribution >= 0.6 is 0 Å². The van der Waals surface area contributed by atoms with Gasteiger partial charge in [-0.15, -0.1) is 0 Å². The summed E-state index contributed by atoms with van der Waals surface area (Å²) in [5.41, 5.74) is 0. The van der Waals surface area contributed by atoms with E-state index in [-0.39, 0.29) is 6.10 Å². The highest BCUT2D eigenvalue weighted by Crippen LogP contribution is 1.85. The van der Waals surface area contributed by atoms with E-state index in [0.717, 1.165) is 6.29 Å². The molecule has 0 amide bonds. The molecule has 3 nitrogen and oxygen atoms in total. The van der Waals surface area contributed by atoms with E-state index in [2.05, 4.69) is 0 Å². The molecule has 0 rings (SSSR count). The highest BCUT2D eigenvalue weighted by atomic mass is 16.5. The molecule has 0 aromatic heterocycles. The molecule has 0 aromatic carbocycles. The lowest BCUT2D eigenvalue weighted by atomic mass is 10.4. The molecule has 0 radical (unpaired) electrons. The van der Waals surface area contributed by atoms with Crippen LogP contribution in [-0.2, 0) is 14.3 Å². The monoisotopic (exact) mass is 130 g/mol. The molecule has 0 saturated carbocycles. The zero-order chi connectivity index (χ0) is 7.11. The number of carbonyl (C=O) groups excluding carboxylic acids is 2. The number of rotatable bonds is 5. The minimum atomic E-state index is -0.384. The molecule has 3 heteroatoms. The predicted octanol–water partition coefficient (Wildman–Crippen LogP) is 0.179. The van der Waals surface area contributed by atoms with Gasteiger partial charge in [0.2, 0.25) is 0 Å². The molecule has 1 unspecified atom stereocenters. The van der Waals surface area contributed by atoms with Gasteiger partial charge in [0.15, 0.2) is 0 Å². The van der Waals surface area contributed by atoms with Gasteiger partial charge in [-0.2, -0.15) is 0 Å². The topological polar surface area (TPSA) is 43.4 Å². The van der Waals surface area contributed by atoms with E-state index >= 15 is 0 Å². The Morgan fingerprint density at radius 2 is 2.22 bits per heavy atom. The SMILES string of the molecule is CC(C=O)OCCC=O. The molecular weight excluding hydrogens is 120 g/mol. The normalized spacial score (nSPS) is 12.6. The lowest BCUT2D eigenvalue weighted by Crippen LogP contribution is -2.10. The highest BCUT2D eigenvalue weighted by molar-refractivity contribution is 5.55. The first-order valence-electron chi connectivity index (χ1n) is 2.81. The van der Waals surface area contributed by atoms with Crippen LogP contribution in [0.4, 0.5) is 0 Å². The Labute approximate surface area is 54.0 Å². The maximum absolute atomic E-state index is 9.89. The molecule has 0 aliphatic heterocycles. The van der Waals surface area contributed by atoms with Crippen molar-refractivity contribution in [2.45, 2.75) is 19.4 Å². The third-order valence-corrected chi connectivity index (χ3v) is 0.808. The van der Waals surface area contributed by atoms with Gasteiger partial charge in [-0.05, 0) is 6.92 Å². The Bertz CT molecular complexity index is 90.3. The second-order valence-electron chi connectivity index (χ2n) is 1.67. The van der Waals surface area contributed by atoms with Crippen molar-refractivity contribution in [3.8, 4) is 0 Å². The average Bonchev–Trinajstić information content (AvgIpc) is 1.89. The third kappa shape index (κ3) is 5.17. The Balaban J connectivity index is 3.05. The summed E-state index contributed by atoms with van der Waals surface area (Å²) in [5.74, 6) is 0. The standard InChI is InChI=1S/C6H10O3/c1-6(5-8)9-4-2-3-7/h3,5-6H,2,4H2,1H3. The van der Waals surface area contributed by atoms with E-state index in [1.807, 2.05) is 0 Å². The van der Waals surface area contributed by atoms with Crippen molar-refractivity contribution in [3.63, 3.8) is 0 Å². The second-order valence-corrected chi connectivity index (χ2v) is 1.67. The van der Waals surface area contributed by atoms with Gasteiger partial charge < -0.3 is 14.3 Å². The van der Waals surface area contributed by atoms with Gasteiger partial charge in [0.25, 0.3) is 0 Å². The fourth-order valence-corrected chi connectivity index (χ4v) is 0.341. The van der Waals surface area contributed by atoms with Crippen LogP contribution in [0.2, 0.25) is 0 Å². The van der Waals surface area contributed by atoms with E-state index in [1.165, 1.54) is 0 Å². The molecule has 0 saturated heterocycles. The van der Waals surface area contributed by atoms with Crippen molar-refractivity contribution in [2.75, 3.05) is 6.61 Å². The van der Waals surface area contributed by atoms with Gasteiger partial charge in [0.05, 0.1) is 6.61 Å². The Morgan fingerprint density at radius 1 is 1.56 bits per heavy atom. The quantitative estimate of drug-likeness (QED) is 0.394. The maximum Gasteiger partial charge on any atom is 0.148 e. The van der Waals surface area contributed by atoms with Crippen LogP contribution < -0.4 is 0 Å². The molecule has 1 atom stereocenters. The summed E-state index contributed by atoms with van der Waals surface area (Å²) in [5, 5.41) is 0. The average molecular weight is 130 g/mol. The van der Waals surface area contributed by atoms with Crippen molar-refractivity contribution in [2.24, 2.45) is 0 Å². The minimum Gasteiger partial charge on any atom is -0.371 e. The summed E-state index contributed by atoms with van der Waals surface area (Å²) in [7, 11) is 0. The Kier molecular flexibility index (Phi) is 5.01. The van der Waals surface area contributed by atoms with E-state index in [9.17, 15) is 9.59 Å². The predicted molar refractivity (Wildman–Crippen MR) is 32.2 cm³/mol. The first-order valence-corrected chi connectivity index (χ1v) is 2.81. The van der Waals surface area contributed by atoms with Crippen LogP contribution in [0.1, 0.15) is 13.3 Å². The van der Waals surface area contributed by atoms with E-state index < -0.39 is 0 Å². The Hall–Kier alpha value is -0.700. The van der Waals surface area contributed by atoms with E-state index in [0.29, 0.717) is 19.3 Å². The third-order valence-electron chi connectivity index (χ3n) is 0.808. The van der Waals surface area contributed by atoms with Gasteiger partial charge in [0, 0.05) is 6.42 Å². The fourth-order valence-electron chi connectivity index (χ4n) is 0.341. The van der Waals surface area contributed by atoms with Gasteiger partial charge >= 0.3 is 0 Å². The van der Waals surface area contributed by atoms with Gasteiger partial charge in [-0.1, -0.05) is 0 Å². The maximum atomic E-state index is 9.89. The number of hydrogen-bond donors (Lipinski definition) is 0. The smallest absolute Gasteiger partial charge is 0.148 e. The molecule has 0 N–H and O–H groups in total. The largest absolute Gasteiger partial charge is 0.371 e. The fraction of sp³-hybridized carbons (Fsp3) is 0.667. The van der Waals surface area contributed by atoms with Crippen LogP contribution in [0.15, 0.2) is 0 Å². The number of aldehydes is 2. The Morgan fingerprint density at radius 3 is 2.67 bits per heavy atom. The zero-order valence-corrected chi connectivity index (χ0v) is 5.37. The highest BCUT2D eigenvalue weighted by Gasteiger charge is 1.95. The van der Waals surface area contributed by atoms with Crippen molar-refractivity contribution < 1.29 is 14.3 Å². The minimum absolute atomic E-state index is 0.337. The van der Waals surface area contributed by atoms with Gasteiger partial charge in [0.1, 0.15) is 18.7 Å². The number of ether oxygens (including phenoxy) is 1. The summed E-state index contributed by atoms with van der Waals surface area (Å²) in [6.45, 7) is 1.97. The molecule has 0 aromatic rings. The lowest BCUT2D eigenvalue weighted by Gasteiger charge is -2.01. The molecule has 52 valence electrons. The molecular formula is C6H10O3. The van der Waals surface area contributed by atoms with Crippen molar-refractivity contribution in [1.82, 2.24) is 0 Å². The van der Waals surface area contributed by atoms with E-state index in [4.69, 9.17) is 4.74 Å². The van der Waals surface area contributed by atoms with Crippen LogP contribution in [0.3, 0.4) is 0 Å². The molecule has 0 aliphatic carbocycles. The second kappa shape index (κ2) is 5.44. The lowest BCUT2D eigenvalue weighted by molar-refractivity contribution is -0.118. The summed E-state index contributed by atoms with van der Waals surface area (Å²) in [6.07, 6.45) is 1.44. The van der Waals surface area contributed by atoms with Crippen LogP contribution in [-0.4, -0.2) is 25.3 Å². The van der Waals surface area contributed by atoms with Crippen molar-refractivity contribution in [1.29, 1.82) is 0 Å². The van der Waals surface area contributed by atoms with Crippen molar-refractivity contribution >= 4 is 12.6 Å². The number of carbonyl (C=O) groups is 2. The molecule has 0 spiro atoms. The number of hydrogen-bond acceptors (Lipinski definition) is 3. The first kappa shape index (κ1) is 8.30. The first-order chi connectivity index (χ1) is 4.31. The summed E-state index contributed by atoms with van der Waals surface area (Å²) in [4.78, 5) is 19.6. The zero-order valence-electron chi connectivity index (χ0n) is 5.37. The van der Waals surface area contributed by atoms with Crippen LogP contribution in [0.25, 0.3) is 0 Å². The van der Waals surface area contributed by atoms with Crippen LogP contribution in [0, 0.1) is 0 Å². The van der Waals surface area contributed by atoms with Crippen LogP contribution in [0.5, 0.6) is 0 Å². The molecule has 0 bridgehead atoms.